The molecule has 1 spiro atoms. The van der Waals surface area contributed by atoms with Crippen LogP contribution >= 0.6 is 0 Å². The predicted octanol–water partition coefficient (Wildman–Crippen LogP) is 2.52. The van der Waals surface area contributed by atoms with Crippen LogP contribution < -0.4 is 4.74 Å². The van der Waals surface area contributed by atoms with E-state index in [9.17, 15) is 4.79 Å². The Kier molecular flexibility index (Phi) is 5.64. The number of hydrogen-bond acceptors (Lipinski definition) is 4. The third-order valence-electron chi connectivity index (χ3n) is 5.59. The molecule has 5 heteroatoms. The minimum atomic E-state index is 0.0937. The summed E-state index contributed by atoms with van der Waals surface area (Å²) >= 11 is 0. The lowest BCUT2D eigenvalue weighted by molar-refractivity contribution is -0.00452. The summed E-state index contributed by atoms with van der Waals surface area (Å²) in [5.74, 6) is 1.28. The van der Waals surface area contributed by atoms with Crippen molar-refractivity contribution in [2.24, 2.45) is 11.3 Å². The van der Waals surface area contributed by atoms with Crippen molar-refractivity contribution in [3.05, 3.63) is 29.8 Å². The van der Waals surface area contributed by atoms with Gasteiger partial charge in [0.2, 0.25) is 0 Å². The Morgan fingerprint density at radius 3 is 2.72 bits per heavy atom. The summed E-state index contributed by atoms with van der Waals surface area (Å²) in [6, 6.07) is 7.59. The number of rotatable bonds is 5. The van der Waals surface area contributed by atoms with Crippen molar-refractivity contribution >= 4 is 5.91 Å². The van der Waals surface area contributed by atoms with E-state index in [2.05, 4.69) is 19.0 Å². The van der Waals surface area contributed by atoms with Gasteiger partial charge >= 0.3 is 0 Å². The van der Waals surface area contributed by atoms with Gasteiger partial charge in [0.15, 0.2) is 0 Å². The molecule has 0 aliphatic carbocycles. The quantitative estimate of drug-likeness (QED) is 0.822. The summed E-state index contributed by atoms with van der Waals surface area (Å²) in [4.78, 5) is 17.5. The van der Waals surface area contributed by atoms with Gasteiger partial charge in [-0.2, -0.15) is 0 Å². The van der Waals surface area contributed by atoms with E-state index < -0.39 is 0 Å². The summed E-state index contributed by atoms with van der Waals surface area (Å²) < 4.78 is 11.3. The molecule has 2 fully saturated rings. The van der Waals surface area contributed by atoms with Gasteiger partial charge in [-0.05, 0) is 57.3 Å². The maximum atomic E-state index is 13.2. The van der Waals surface area contributed by atoms with Gasteiger partial charge < -0.3 is 19.3 Å². The normalized spacial score (nSPS) is 22.6. The molecule has 0 saturated carbocycles. The van der Waals surface area contributed by atoms with Crippen LogP contribution in [-0.2, 0) is 4.74 Å². The highest BCUT2D eigenvalue weighted by Crippen LogP contribution is 2.45. The van der Waals surface area contributed by atoms with Gasteiger partial charge in [0.05, 0.1) is 12.2 Å². The Hall–Kier alpha value is -1.59. The topological polar surface area (TPSA) is 42.0 Å². The van der Waals surface area contributed by atoms with E-state index in [0.29, 0.717) is 23.8 Å². The molecule has 0 aromatic heterocycles. The summed E-state index contributed by atoms with van der Waals surface area (Å²) in [6.07, 6.45) is 2.09. The molecule has 0 unspecified atom stereocenters. The number of nitrogens with zero attached hydrogens (tertiary/aromatic N) is 2. The highest BCUT2D eigenvalue weighted by Gasteiger charge is 2.48. The molecule has 0 radical (unpaired) electrons. The van der Waals surface area contributed by atoms with Gasteiger partial charge in [0.25, 0.3) is 5.91 Å². The number of carbonyl (C=O) groups excluding carboxylic acids is 1. The lowest BCUT2D eigenvalue weighted by Gasteiger charge is -2.38. The van der Waals surface area contributed by atoms with E-state index in [-0.39, 0.29) is 11.3 Å². The van der Waals surface area contributed by atoms with Crippen LogP contribution in [0, 0.1) is 11.3 Å². The first-order valence-corrected chi connectivity index (χ1v) is 9.29. The Labute approximate surface area is 150 Å². The van der Waals surface area contributed by atoms with E-state index >= 15 is 0 Å². The van der Waals surface area contributed by atoms with Crippen LogP contribution in [0.3, 0.4) is 0 Å². The van der Waals surface area contributed by atoms with Crippen LogP contribution in [-0.4, -0.2) is 69.3 Å². The molecule has 2 heterocycles. The van der Waals surface area contributed by atoms with E-state index in [4.69, 9.17) is 9.47 Å². The molecular formula is C20H30N2O3. The highest BCUT2D eigenvalue weighted by molar-refractivity contribution is 5.97. The Bertz CT molecular complexity index is 596. The lowest BCUT2D eigenvalue weighted by atomic mass is 9.72. The summed E-state index contributed by atoms with van der Waals surface area (Å²) in [5, 5.41) is 0. The van der Waals surface area contributed by atoms with E-state index in [1.807, 2.05) is 36.1 Å². The van der Waals surface area contributed by atoms with E-state index in [1.54, 1.807) is 0 Å². The van der Waals surface area contributed by atoms with Crippen molar-refractivity contribution in [3.63, 3.8) is 0 Å². The van der Waals surface area contributed by atoms with E-state index in [1.165, 1.54) is 0 Å². The first-order chi connectivity index (χ1) is 12.1. The first-order valence-electron chi connectivity index (χ1n) is 9.29. The number of likely N-dealkylation sites (tertiary alicyclic amines) is 1. The first kappa shape index (κ1) is 18.2. The number of hydrogen-bond donors (Lipinski definition) is 0. The Balaban J connectivity index is 1.82. The van der Waals surface area contributed by atoms with E-state index in [0.717, 1.165) is 45.7 Å². The molecule has 5 nitrogen and oxygen atoms in total. The predicted molar refractivity (Wildman–Crippen MR) is 98.0 cm³/mol. The van der Waals surface area contributed by atoms with Crippen molar-refractivity contribution < 1.29 is 14.3 Å². The third-order valence-corrected chi connectivity index (χ3v) is 5.59. The summed E-state index contributed by atoms with van der Waals surface area (Å²) in [7, 11) is 4.23. The van der Waals surface area contributed by atoms with Crippen molar-refractivity contribution in [1.29, 1.82) is 0 Å². The number of benzene rings is 1. The fourth-order valence-electron chi connectivity index (χ4n) is 4.32. The number of amides is 1. The van der Waals surface area contributed by atoms with Gasteiger partial charge in [-0.25, -0.2) is 0 Å². The van der Waals surface area contributed by atoms with Crippen LogP contribution in [0.4, 0.5) is 0 Å². The molecule has 2 saturated heterocycles. The van der Waals surface area contributed by atoms with Gasteiger partial charge in [-0.1, -0.05) is 12.1 Å². The molecule has 1 amide bonds. The zero-order chi connectivity index (χ0) is 17.9. The van der Waals surface area contributed by atoms with Crippen molar-refractivity contribution in [3.8, 4) is 5.75 Å². The summed E-state index contributed by atoms with van der Waals surface area (Å²) in [6.45, 7) is 6.78. The molecule has 2 aliphatic rings. The Morgan fingerprint density at radius 1 is 1.32 bits per heavy atom. The van der Waals surface area contributed by atoms with Crippen molar-refractivity contribution in [2.75, 3.05) is 53.6 Å². The van der Waals surface area contributed by atoms with Gasteiger partial charge in [0, 0.05) is 32.8 Å². The van der Waals surface area contributed by atoms with Crippen LogP contribution in [0.2, 0.25) is 0 Å². The average molecular weight is 346 g/mol. The standard InChI is InChI=1S/C20H30N2O3/c1-4-25-18-8-6-5-7-17(18)19(23)22-14-16(13-21(2)3)20(15-22)9-11-24-12-10-20/h5-8,16H,4,9-15H2,1-3H3/t16-/m0/s1. The minimum absolute atomic E-state index is 0.0937. The molecule has 3 rings (SSSR count). The van der Waals surface area contributed by atoms with Crippen molar-refractivity contribution in [1.82, 2.24) is 9.80 Å². The highest BCUT2D eigenvalue weighted by atomic mass is 16.5. The zero-order valence-electron chi connectivity index (χ0n) is 15.7. The van der Waals surface area contributed by atoms with Crippen LogP contribution in [0.15, 0.2) is 24.3 Å². The minimum Gasteiger partial charge on any atom is -0.493 e. The smallest absolute Gasteiger partial charge is 0.257 e. The molecule has 1 atom stereocenters. The van der Waals surface area contributed by atoms with Crippen LogP contribution in [0.25, 0.3) is 0 Å². The number of ether oxygens (including phenoxy) is 2. The van der Waals surface area contributed by atoms with Gasteiger partial charge in [-0.15, -0.1) is 0 Å². The molecule has 0 N–H and O–H groups in total. The largest absolute Gasteiger partial charge is 0.493 e. The number of carbonyl (C=O) groups is 1. The average Bonchev–Trinajstić information content (AvgIpc) is 2.93. The molecule has 1 aromatic rings. The van der Waals surface area contributed by atoms with Crippen LogP contribution in [0.1, 0.15) is 30.1 Å². The SMILES string of the molecule is CCOc1ccccc1C(=O)N1C[C@H](CN(C)C)C2(CCOCC2)C1. The van der Waals surface area contributed by atoms with Gasteiger partial charge in [0.1, 0.15) is 5.75 Å². The second kappa shape index (κ2) is 7.75. The molecule has 138 valence electrons. The third kappa shape index (κ3) is 3.82. The second-order valence-electron chi connectivity index (χ2n) is 7.55. The molecular weight excluding hydrogens is 316 g/mol. The molecule has 2 aliphatic heterocycles. The Morgan fingerprint density at radius 2 is 2.04 bits per heavy atom. The fraction of sp³-hybridized carbons (Fsp3) is 0.650. The maximum Gasteiger partial charge on any atom is 0.257 e. The molecule has 25 heavy (non-hydrogen) atoms. The lowest BCUT2D eigenvalue weighted by Crippen LogP contribution is -2.40. The number of para-hydroxylation sites is 1. The monoisotopic (exact) mass is 346 g/mol. The summed E-state index contributed by atoms with van der Waals surface area (Å²) in [5.41, 5.74) is 0.871. The van der Waals surface area contributed by atoms with Gasteiger partial charge in [-0.3, -0.25) is 4.79 Å². The molecule has 0 bridgehead atoms. The fourth-order valence-corrected chi connectivity index (χ4v) is 4.32. The van der Waals surface area contributed by atoms with Crippen LogP contribution in [0.5, 0.6) is 5.75 Å². The zero-order valence-corrected chi connectivity index (χ0v) is 15.7. The molecule has 1 aromatic carbocycles. The van der Waals surface area contributed by atoms with Crippen molar-refractivity contribution in [2.45, 2.75) is 19.8 Å². The maximum absolute atomic E-state index is 13.2. The second-order valence-corrected chi connectivity index (χ2v) is 7.55.